The lowest BCUT2D eigenvalue weighted by Crippen LogP contribution is -2.07. The highest BCUT2D eigenvalue weighted by Gasteiger charge is 2.14. The minimum Gasteiger partial charge on any atom is -0.321 e. The van der Waals surface area contributed by atoms with Crippen LogP contribution in [0.5, 0.6) is 0 Å². The summed E-state index contributed by atoms with van der Waals surface area (Å²) in [6, 6.07) is 14.3. The van der Waals surface area contributed by atoms with E-state index in [1.807, 2.05) is 30.6 Å². The molecule has 1 aromatic carbocycles. The highest BCUT2D eigenvalue weighted by molar-refractivity contribution is 6.02. The summed E-state index contributed by atoms with van der Waals surface area (Å²) in [5.41, 5.74) is 4.19. The molecule has 0 spiro atoms. The lowest BCUT2D eigenvalue weighted by molar-refractivity contribution is 0.683. The molecule has 0 amide bonds. The summed E-state index contributed by atoms with van der Waals surface area (Å²) in [6.45, 7) is 2.95. The van der Waals surface area contributed by atoms with E-state index in [4.69, 9.17) is 4.98 Å². The Bertz CT molecular complexity index is 973. The van der Waals surface area contributed by atoms with E-state index in [-0.39, 0.29) is 0 Å². The van der Waals surface area contributed by atoms with Crippen LogP contribution in [0.3, 0.4) is 0 Å². The molecule has 3 heterocycles. The number of hydrogen-bond donors (Lipinski definition) is 0. The standard InChI is InChI=1S/C20H20N4/c1-2-3-11-19-23-18-13-22-17-10-5-4-9-16(17)20(18)24(19)14-15-8-6-7-12-21-15/h4-10,12-13H,2-3,11,14H2,1H3. The largest absolute Gasteiger partial charge is 0.321 e. The fourth-order valence-corrected chi connectivity index (χ4v) is 3.16. The third-order valence-electron chi connectivity index (χ3n) is 4.36. The van der Waals surface area contributed by atoms with E-state index in [1.165, 1.54) is 0 Å². The van der Waals surface area contributed by atoms with Gasteiger partial charge in [0.2, 0.25) is 0 Å². The molecule has 3 aromatic heterocycles. The smallest absolute Gasteiger partial charge is 0.110 e. The van der Waals surface area contributed by atoms with Crippen molar-refractivity contribution in [3.63, 3.8) is 0 Å². The van der Waals surface area contributed by atoms with Crippen LogP contribution in [0.4, 0.5) is 0 Å². The second kappa shape index (κ2) is 6.40. The Morgan fingerprint density at radius 1 is 0.958 bits per heavy atom. The number of nitrogens with zero attached hydrogens (tertiary/aromatic N) is 4. The molecule has 4 nitrogen and oxygen atoms in total. The highest BCUT2D eigenvalue weighted by atomic mass is 15.1. The third-order valence-corrected chi connectivity index (χ3v) is 4.36. The van der Waals surface area contributed by atoms with Crippen LogP contribution in [0.15, 0.2) is 54.9 Å². The molecule has 4 heteroatoms. The zero-order valence-corrected chi connectivity index (χ0v) is 13.8. The topological polar surface area (TPSA) is 43.6 Å². The van der Waals surface area contributed by atoms with E-state index in [0.29, 0.717) is 0 Å². The monoisotopic (exact) mass is 316 g/mol. The first-order valence-electron chi connectivity index (χ1n) is 8.49. The molecule has 0 aliphatic carbocycles. The number of aromatic nitrogens is 4. The van der Waals surface area contributed by atoms with Crippen molar-refractivity contribution in [3.8, 4) is 0 Å². The number of aryl methyl sites for hydroxylation is 1. The minimum absolute atomic E-state index is 0.740. The van der Waals surface area contributed by atoms with Gasteiger partial charge in [-0.3, -0.25) is 9.97 Å². The second-order valence-electron chi connectivity index (χ2n) is 6.05. The van der Waals surface area contributed by atoms with Gasteiger partial charge in [0.15, 0.2) is 0 Å². The summed E-state index contributed by atoms with van der Waals surface area (Å²) in [5.74, 6) is 1.12. The van der Waals surface area contributed by atoms with E-state index in [1.54, 1.807) is 0 Å². The maximum atomic E-state index is 4.87. The average Bonchev–Trinajstić information content (AvgIpc) is 2.99. The number of unbranched alkanes of at least 4 members (excludes halogenated alkanes) is 1. The molecule has 0 atom stereocenters. The summed E-state index contributed by atoms with van der Waals surface area (Å²) < 4.78 is 2.32. The van der Waals surface area contributed by atoms with Crippen molar-refractivity contribution in [2.75, 3.05) is 0 Å². The van der Waals surface area contributed by atoms with E-state index in [0.717, 1.165) is 59.3 Å². The number of hydrogen-bond acceptors (Lipinski definition) is 3. The van der Waals surface area contributed by atoms with Crippen LogP contribution < -0.4 is 0 Å². The number of rotatable bonds is 5. The Balaban J connectivity index is 1.93. The summed E-state index contributed by atoms with van der Waals surface area (Å²) in [4.78, 5) is 13.9. The van der Waals surface area contributed by atoms with Crippen LogP contribution in [0.25, 0.3) is 21.9 Å². The van der Waals surface area contributed by atoms with Crippen LogP contribution >= 0.6 is 0 Å². The van der Waals surface area contributed by atoms with Gasteiger partial charge in [0.25, 0.3) is 0 Å². The summed E-state index contributed by atoms with van der Waals surface area (Å²) in [7, 11) is 0. The molecule has 120 valence electrons. The first kappa shape index (κ1) is 14.8. The molecule has 0 N–H and O–H groups in total. The molecular weight excluding hydrogens is 296 g/mol. The number of fused-ring (bicyclic) bond motifs is 3. The molecule has 0 saturated heterocycles. The van der Waals surface area contributed by atoms with Crippen molar-refractivity contribution < 1.29 is 0 Å². The van der Waals surface area contributed by atoms with Crippen molar-refractivity contribution in [2.45, 2.75) is 32.7 Å². The fourth-order valence-electron chi connectivity index (χ4n) is 3.16. The molecule has 0 fully saturated rings. The fraction of sp³-hybridized carbons (Fsp3) is 0.250. The average molecular weight is 316 g/mol. The second-order valence-corrected chi connectivity index (χ2v) is 6.05. The number of pyridine rings is 2. The Morgan fingerprint density at radius 3 is 2.67 bits per heavy atom. The molecule has 0 radical (unpaired) electrons. The van der Waals surface area contributed by atoms with Gasteiger partial charge < -0.3 is 4.57 Å². The van der Waals surface area contributed by atoms with Gasteiger partial charge in [-0.15, -0.1) is 0 Å². The SMILES string of the molecule is CCCCc1nc2cnc3ccccc3c2n1Cc1ccccn1. The van der Waals surface area contributed by atoms with E-state index in [9.17, 15) is 0 Å². The van der Waals surface area contributed by atoms with Gasteiger partial charge in [-0.2, -0.15) is 0 Å². The maximum Gasteiger partial charge on any atom is 0.110 e. The molecule has 0 bridgehead atoms. The predicted octanol–water partition coefficient (Wildman–Crippen LogP) is 4.37. The minimum atomic E-state index is 0.740. The number of imidazole rings is 1. The molecular formula is C20H20N4. The molecule has 4 rings (SSSR count). The predicted molar refractivity (Wildman–Crippen MR) is 97.0 cm³/mol. The van der Waals surface area contributed by atoms with Gasteiger partial charge in [-0.05, 0) is 24.6 Å². The van der Waals surface area contributed by atoms with E-state index >= 15 is 0 Å². The molecule has 4 aromatic rings. The van der Waals surface area contributed by atoms with Gasteiger partial charge in [0, 0.05) is 18.0 Å². The lowest BCUT2D eigenvalue weighted by Gasteiger charge is -2.10. The van der Waals surface area contributed by atoms with Crippen LogP contribution in [0.2, 0.25) is 0 Å². The van der Waals surface area contributed by atoms with Crippen molar-refractivity contribution in [2.24, 2.45) is 0 Å². The number of para-hydroxylation sites is 1. The maximum absolute atomic E-state index is 4.87. The van der Waals surface area contributed by atoms with Gasteiger partial charge in [-0.25, -0.2) is 4.98 Å². The zero-order chi connectivity index (χ0) is 16.4. The zero-order valence-electron chi connectivity index (χ0n) is 13.8. The van der Waals surface area contributed by atoms with Crippen LogP contribution in [-0.4, -0.2) is 19.5 Å². The number of benzene rings is 1. The summed E-state index contributed by atoms with van der Waals surface area (Å²) in [6.07, 6.45) is 7.01. The van der Waals surface area contributed by atoms with Gasteiger partial charge >= 0.3 is 0 Å². The molecule has 0 aliphatic rings. The Kier molecular flexibility index (Phi) is 3.95. The molecule has 24 heavy (non-hydrogen) atoms. The summed E-state index contributed by atoms with van der Waals surface area (Å²) >= 11 is 0. The summed E-state index contributed by atoms with van der Waals surface area (Å²) in [5, 5.41) is 1.15. The van der Waals surface area contributed by atoms with E-state index < -0.39 is 0 Å². The lowest BCUT2D eigenvalue weighted by atomic mass is 10.2. The van der Waals surface area contributed by atoms with Crippen molar-refractivity contribution in [3.05, 3.63) is 66.4 Å². The van der Waals surface area contributed by atoms with Crippen molar-refractivity contribution >= 4 is 21.9 Å². The van der Waals surface area contributed by atoms with E-state index in [2.05, 4.69) is 45.7 Å². The quantitative estimate of drug-likeness (QED) is 0.549. The van der Waals surface area contributed by atoms with Crippen LogP contribution in [0, 0.1) is 0 Å². The normalized spacial score (nSPS) is 11.4. The van der Waals surface area contributed by atoms with Gasteiger partial charge in [0.1, 0.15) is 11.3 Å². The Labute approximate surface area is 141 Å². The van der Waals surface area contributed by atoms with Crippen LogP contribution in [-0.2, 0) is 13.0 Å². The van der Waals surface area contributed by atoms with Crippen molar-refractivity contribution in [1.82, 2.24) is 19.5 Å². The Hall–Kier alpha value is -2.75. The highest BCUT2D eigenvalue weighted by Crippen LogP contribution is 2.26. The third kappa shape index (κ3) is 2.64. The molecule has 0 unspecified atom stereocenters. The van der Waals surface area contributed by atoms with Crippen LogP contribution in [0.1, 0.15) is 31.3 Å². The first-order valence-corrected chi connectivity index (χ1v) is 8.49. The molecule has 0 aliphatic heterocycles. The Morgan fingerprint density at radius 2 is 1.83 bits per heavy atom. The first-order chi connectivity index (χ1) is 11.9. The van der Waals surface area contributed by atoms with Gasteiger partial charge in [0.05, 0.1) is 29.5 Å². The van der Waals surface area contributed by atoms with Gasteiger partial charge in [-0.1, -0.05) is 37.6 Å². The van der Waals surface area contributed by atoms with Crippen molar-refractivity contribution in [1.29, 1.82) is 0 Å². The molecule has 0 saturated carbocycles.